The summed E-state index contributed by atoms with van der Waals surface area (Å²) >= 11 is 1.65. The zero-order valence-electron chi connectivity index (χ0n) is 10.7. The topological polar surface area (TPSA) is 41.1 Å². The average molecular weight is 252 g/mol. The fourth-order valence-corrected chi connectivity index (χ4v) is 1.97. The van der Waals surface area contributed by atoms with Crippen molar-refractivity contribution in [3.8, 4) is 0 Å². The molecule has 0 spiro atoms. The summed E-state index contributed by atoms with van der Waals surface area (Å²) < 4.78 is 0. The fourth-order valence-electron chi connectivity index (χ4n) is 1.54. The Hall–Kier alpha value is -1.00. The van der Waals surface area contributed by atoms with Crippen LogP contribution in [0.5, 0.6) is 0 Å². The Balaban J connectivity index is 2.61. The first kappa shape index (κ1) is 14.1. The van der Waals surface area contributed by atoms with Gasteiger partial charge in [0.2, 0.25) is 0 Å². The number of carbonyl (C=O) groups excluding carboxylic acids is 1. The van der Waals surface area contributed by atoms with Crippen LogP contribution in [-0.2, 0) is 0 Å². The minimum Gasteiger partial charge on any atom is -0.352 e. The maximum Gasteiger partial charge on any atom is 0.251 e. The molecule has 4 heteroatoms. The molecule has 1 aromatic rings. The van der Waals surface area contributed by atoms with Crippen LogP contribution >= 0.6 is 11.8 Å². The summed E-state index contributed by atoms with van der Waals surface area (Å²) in [4.78, 5) is 13.1. The van der Waals surface area contributed by atoms with Gasteiger partial charge in [-0.15, -0.1) is 11.8 Å². The van der Waals surface area contributed by atoms with Crippen LogP contribution in [0.2, 0.25) is 0 Å². The van der Waals surface area contributed by atoms with Gasteiger partial charge in [-0.1, -0.05) is 6.07 Å². The van der Waals surface area contributed by atoms with Gasteiger partial charge in [0.05, 0.1) is 0 Å². The first-order valence-electron chi connectivity index (χ1n) is 5.76. The maximum absolute atomic E-state index is 12.0. The molecule has 0 radical (unpaired) electrons. The van der Waals surface area contributed by atoms with Crippen LogP contribution in [0.25, 0.3) is 0 Å². The molecule has 0 unspecified atom stereocenters. The Morgan fingerprint density at radius 3 is 2.76 bits per heavy atom. The third-order valence-corrected chi connectivity index (χ3v) is 3.30. The predicted octanol–water partition coefficient (Wildman–Crippen LogP) is 2.06. The van der Waals surface area contributed by atoms with E-state index in [0.29, 0.717) is 6.54 Å². The van der Waals surface area contributed by atoms with Gasteiger partial charge in [0.1, 0.15) is 0 Å². The lowest BCUT2D eigenvalue weighted by atomic mass is 10.1. The minimum absolute atomic E-state index is 0.0227. The first-order valence-corrected chi connectivity index (χ1v) is 6.99. The van der Waals surface area contributed by atoms with Crippen LogP contribution in [0.3, 0.4) is 0 Å². The number of hydrogen-bond acceptors (Lipinski definition) is 3. The maximum atomic E-state index is 12.0. The number of benzene rings is 1. The van der Waals surface area contributed by atoms with E-state index in [-0.39, 0.29) is 5.91 Å². The molecule has 0 saturated heterocycles. The summed E-state index contributed by atoms with van der Waals surface area (Å²) in [5.41, 5.74) is 1.80. The zero-order chi connectivity index (χ0) is 12.7. The lowest BCUT2D eigenvalue weighted by Crippen LogP contribution is -2.27. The van der Waals surface area contributed by atoms with Crippen molar-refractivity contribution >= 4 is 17.7 Å². The molecule has 0 aromatic heterocycles. The number of amides is 1. The van der Waals surface area contributed by atoms with Gasteiger partial charge in [-0.3, -0.25) is 4.79 Å². The van der Waals surface area contributed by atoms with Crippen molar-refractivity contribution in [2.45, 2.75) is 18.2 Å². The van der Waals surface area contributed by atoms with Gasteiger partial charge in [0.25, 0.3) is 5.91 Å². The molecule has 0 aliphatic carbocycles. The summed E-state index contributed by atoms with van der Waals surface area (Å²) in [6, 6.07) is 5.99. The van der Waals surface area contributed by atoms with E-state index < -0.39 is 0 Å². The molecule has 1 rings (SSSR count). The van der Waals surface area contributed by atoms with Gasteiger partial charge in [0.15, 0.2) is 0 Å². The second kappa shape index (κ2) is 7.35. The van der Waals surface area contributed by atoms with Crippen molar-refractivity contribution in [1.82, 2.24) is 10.6 Å². The van der Waals surface area contributed by atoms with Crippen LogP contribution in [0.1, 0.15) is 22.3 Å². The minimum atomic E-state index is 0.0227. The summed E-state index contributed by atoms with van der Waals surface area (Å²) in [6.45, 7) is 3.60. The van der Waals surface area contributed by atoms with E-state index >= 15 is 0 Å². The Kier molecular flexibility index (Phi) is 6.08. The normalized spacial score (nSPS) is 10.3. The van der Waals surface area contributed by atoms with Gasteiger partial charge in [-0.25, -0.2) is 0 Å². The highest BCUT2D eigenvalue weighted by Gasteiger charge is 2.08. The first-order chi connectivity index (χ1) is 8.19. The lowest BCUT2D eigenvalue weighted by molar-refractivity contribution is 0.0952. The molecule has 1 amide bonds. The van der Waals surface area contributed by atoms with Crippen molar-refractivity contribution in [3.05, 3.63) is 29.3 Å². The highest BCUT2D eigenvalue weighted by Crippen LogP contribution is 2.18. The van der Waals surface area contributed by atoms with Crippen molar-refractivity contribution in [2.75, 3.05) is 26.4 Å². The number of carbonyl (C=O) groups is 1. The fraction of sp³-hybridized carbons (Fsp3) is 0.462. The molecule has 0 atom stereocenters. The molecular weight excluding hydrogens is 232 g/mol. The molecule has 0 saturated carbocycles. The molecule has 0 fully saturated rings. The Morgan fingerprint density at radius 1 is 1.35 bits per heavy atom. The van der Waals surface area contributed by atoms with E-state index in [1.165, 1.54) is 0 Å². The van der Waals surface area contributed by atoms with E-state index in [1.807, 2.05) is 38.4 Å². The second-order valence-electron chi connectivity index (χ2n) is 3.89. The Morgan fingerprint density at radius 2 is 2.12 bits per heavy atom. The van der Waals surface area contributed by atoms with Gasteiger partial charge < -0.3 is 10.6 Å². The highest BCUT2D eigenvalue weighted by atomic mass is 32.2. The predicted molar refractivity (Wildman–Crippen MR) is 73.8 cm³/mol. The molecule has 0 aliphatic heterocycles. The number of rotatable bonds is 6. The SMILES string of the molecule is CNCCCNC(=O)c1cc(SC)ccc1C. The third-order valence-electron chi connectivity index (χ3n) is 2.58. The van der Waals surface area contributed by atoms with E-state index in [0.717, 1.165) is 29.0 Å². The molecule has 3 nitrogen and oxygen atoms in total. The number of hydrogen-bond donors (Lipinski definition) is 2. The number of thioether (sulfide) groups is 1. The largest absolute Gasteiger partial charge is 0.352 e. The number of nitrogens with one attached hydrogen (secondary N) is 2. The molecular formula is C13H20N2OS. The molecule has 0 bridgehead atoms. The Bertz CT molecular complexity index is 380. The molecule has 17 heavy (non-hydrogen) atoms. The summed E-state index contributed by atoms with van der Waals surface area (Å²) in [5, 5.41) is 5.99. The molecule has 0 heterocycles. The standard InChI is InChI=1S/C13H20N2OS/c1-10-5-6-11(17-3)9-12(10)13(16)15-8-4-7-14-2/h5-6,9,14H,4,7-8H2,1-3H3,(H,15,16). The highest BCUT2D eigenvalue weighted by molar-refractivity contribution is 7.98. The second-order valence-corrected chi connectivity index (χ2v) is 4.77. The molecule has 2 N–H and O–H groups in total. The van der Waals surface area contributed by atoms with Crippen LogP contribution in [-0.4, -0.2) is 32.3 Å². The van der Waals surface area contributed by atoms with E-state index in [4.69, 9.17) is 0 Å². The monoisotopic (exact) mass is 252 g/mol. The van der Waals surface area contributed by atoms with E-state index in [2.05, 4.69) is 10.6 Å². The molecule has 0 aliphatic rings. The van der Waals surface area contributed by atoms with Crippen molar-refractivity contribution in [2.24, 2.45) is 0 Å². The van der Waals surface area contributed by atoms with Crippen molar-refractivity contribution in [3.63, 3.8) is 0 Å². The van der Waals surface area contributed by atoms with E-state index in [1.54, 1.807) is 11.8 Å². The van der Waals surface area contributed by atoms with Crippen LogP contribution < -0.4 is 10.6 Å². The summed E-state index contributed by atoms with van der Waals surface area (Å²) in [7, 11) is 1.91. The van der Waals surface area contributed by atoms with Crippen molar-refractivity contribution < 1.29 is 4.79 Å². The van der Waals surface area contributed by atoms with Gasteiger partial charge in [-0.05, 0) is 50.9 Å². The third kappa shape index (κ3) is 4.40. The van der Waals surface area contributed by atoms with Gasteiger partial charge in [-0.2, -0.15) is 0 Å². The van der Waals surface area contributed by atoms with Crippen LogP contribution in [0.4, 0.5) is 0 Å². The van der Waals surface area contributed by atoms with Gasteiger partial charge >= 0.3 is 0 Å². The Labute approximate surface area is 107 Å². The number of aryl methyl sites for hydroxylation is 1. The van der Waals surface area contributed by atoms with Crippen molar-refractivity contribution in [1.29, 1.82) is 0 Å². The van der Waals surface area contributed by atoms with Gasteiger partial charge in [0, 0.05) is 17.0 Å². The summed E-state index contributed by atoms with van der Waals surface area (Å²) in [6.07, 6.45) is 2.96. The summed E-state index contributed by atoms with van der Waals surface area (Å²) in [5.74, 6) is 0.0227. The molecule has 1 aromatic carbocycles. The zero-order valence-corrected chi connectivity index (χ0v) is 11.5. The lowest BCUT2D eigenvalue weighted by Gasteiger charge is -2.09. The van der Waals surface area contributed by atoms with Crippen LogP contribution in [0, 0.1) is 6.92 Å². The average Bonchev–Trinajstić information content (AvgIpc) is 2.35. The van der Waals surface area contributed by atoms with Crippen LogP contribution in [0.15, 0.2) is 23.1 Å². The van der Waals surface area contributed by atoms with E-state index in [9.17, 15) is 4.79 Å². The quantitative estimate of drug-likeness (QED) is 0.601. The smallest absolute Gasteiger partial charge is 0.251 e. The molecule has 94 valence electrons.